The maximum absolute atomic E-state index is 12.1. The van der Waals surface area contributed by atoms with Crippen molar-refractivity contribution < 1.29 is 23.8 Å². The SMILES string of the molecule is C=CCC[C@H](NC(=O)OCc1ccccc1)C(=O)OC(C)(C)C.CC1CCCO1. The van der Waals surface area contributed by atoms with E-state index in [0.717, 1.165) is 12.2 Å². The fraction of sp³-hybridized carbons (Fsp3) is 0.565. The van der Waals surface area contributed by atoms with Gasteiger partial charge in [0.25, 0.3) is 0 Å². The molecule has 1 aliphatic heterocycles. The lowest BCUT2D eigenvalue weighted by atomic mass is 10.1. The molecule has 1 aliphatic rings. The van der Waals surface area contributed by atoms with Crippen molar-refractivity contribution >= 4 is 12.1 Å². The van der Waals surface area contributed by atoms with Crippen LogP contribution in [0.1, 0.15) is 58.9 Å². The minimum Gasteiger partial charge on any atom is -0.458 e. The molecule has 2 atom stereocenters. The summed E-state index contributed by atoms with van der Waals surface area (Å²) in [7, 11) is 0. The number of ether oxygens (including phenoxy) is 3. The van der Waals surface area contributed by atoms with Gasteiger partial charge in [0, 0.05) is 6.61 Å². The number of carbonyl (C=O) groups excluding carboxylic acids is 2. The lowest BCUT2D eigenvalue weighted by Crippen LogP contribution is -2.44. The Balaban J connectivity index is 0.000000594. The molecule has 6 heteroatoms. The molecule has 1 saturated heterocycles. The number of benzene rings is 1. The predicted octanol–water partition coefficient (Wildman–Crippen LogP) is 4.77. The van der Waals surface area contributed by atoms with Crippen LogP contribution < -0.4 is 5.32 Å². The van der Waals surface area contributed by atoms with E-state index in [9.17, 15) is 9.59 Å². The van der Waals surface area contributed by atoms with Gasteiger partial charge in [-0.25, -0.2) is 9.59 Å². The van der Waals surface area contributed by atoms with E-state index in [2.05, 4.69) is 18.8 Å². The number of esters is 1. The molecule has 162 valence electrons. The second-order valence-corrected chi connectivity index (χ2v) is 7.98. The summed E-state index contributed by atoms with van der Waals surface area (Å²) in [5.41, 5.74) is 0.265. The minimum atomic E-state index is -0.754. The summed E-state index contributed by atoms with van der Waals surface area (Å²) >= 11 is 0. The quantitative estimate of drug-likeness (QED) is 0.522. The molecule has 29 heavy (non-hydrogen) atoms. The van der Waals surface area contributed by atoms with Gasteiger partial charge in [0.15, 0.2) is 0 Å². The Bertz CT molecular complexity index is 618. The van der Waals surface area contributed by atoms with E-state index in [0.29, 0.717) is 18.9 Å². The van der Waals surface area contributed by atoms with Crippen LogP contribution >= 0.6 is 0 Å². The molecule has 0 radical (unpaired) electrons. The van der Waals surface area contributed by atoms with E-state index < -0.39 is 23.7 Å². The summed E-state index contributed by atoms with van der Waals surface area (Å²) in [5.74, 6) is -0.476. The Morgan fingerprint density at radius 1 is 1.31 bits per heavy atom. The van der Waals surface area contributed by atoms with Gasteiger partial charge in [-0.3, -0.25) is 0 Å². The van der Waals surface area contributed by atoms with Gasteiger partial charge in [0.05, 0.1) is 6.10 Å². The summed E-state index contributed by atoms with van der Waals surface area (Å²) in [6.45, 7) is 12.2. The van der Waals surface area contributed by atoms with Gasteiger partial charge < -0.3 is 19.5 Å². The minimum absolute atomic E-state index is 0.148. The zero-order valence-corrected chi connectivity index (χ0v) is 18.1. The largest absolute Gasteiger partial charge is 0.458 e. The van der Waals surface area contributed by atoms with Gasteiger partial charge in [-0.1, -0.05) is 36.4 Å². The molecule has 1 amide bonds. The average molecular weight is 406 g/mol. The van der Waals surface area contributed by atoms with E-state index >= 15 is 0 Å². The van der Waals surface area contributed by atoms with Crippen molar-refractivity contribution in [3.8, 4) is 0 Å². The molecule has 0 saturated carbocycles. The standard InChI is InChI=1S/C18H25NO4.C5H10O/c1-5-6-12-15(16(20)23-18(2,3)4)19-17(21)22-13-14-10-8-7-9-11-14;1-5-3-2-4-6-5/h5,7-11,15H,1,6,12-13H2,2-4H3,(H,19,21);5H,2-4H2,1H3/t15-;/m0./s1. The molecular formula is C23H35NO5. The molecule has 0 aromatic heterocycles. The van der Waals surface area contributed by atoms with Gasteiger partial charge in [-0.05, 0) is 58.9 Å². The molecule has 1 N–H and O–H groups in total. The Morgan fingerprint density at radius 3 is 2.48 bits per heavy atom. The Labute approximate surface area is 174 Å². The molecule has 1 fully saturated rings. The third-order valence-corrected chi connectivity index (χ3v) is 4.01. The van der Waals surface area contributed by atoms with E-state index in [1.807, 2.05) is 30.3 Å². The zero-order valence-electron chi connectivity index (χ0n) is 18.1. The first-order chi connectivity index (χ1) is 13.7. The van der Waals surface area contributed by atoms with Crippen molar-refractivity contribution in [3.05, 3.63) is 48.6 Å². The van der Waals surface area contributed by atoms with Crippen LogP contribution in [0.15, 0.2) is 43.0 Å². The first kappa shape index (κ1) is 24.7. The van der Waals surface area contributed by atoms with Gasteiger partial charge in [0.2, 0.25) is 0 Å². The van der Waals surface area contributed by atoms with Crippen LogP contribution in [-0.4, -0.2) is 36.4 Å². The number of hydrogen-bond acceptors (Lipinski definition) is 5. The number of rotatable bonds is 7. The van der Waals surface area contributed by atoms with E-state index in [-0.39, 0.29) is 6.61 Å². The summed E-state index contributed by atoms with van der Waals surface area (Å²) < 4.78 is 15.6. The molecule has 0 bridgehead atoms. The average Bonchev–Trinajstić information content (AvgIpc) is 3.14. The highest BCUT2D eigenvalue weighted by Crippen LogP contribution is 2.11. The second kappa shape index (κ2) is 13.0. The van der Waals surface area contributed by atoms with Crippen LogP contribution in [0.4, 0.5) is 4.79 Å². The van der Waals surface area contributed by atoms with Crippen LogP contribution in [0.25, 0.3) is 0 Å². The smallest absolute Gasteiger partial charge is 0.408 e. The molecule has 1 unspecified atom stereocenters. The lowest BCUT2D eigenvalue weighted by Gasteiger charge is -2.24. The second-order valence-electron chi connectivity index (χ2n) is 7.98. The predicted molar refractivity (Wildman–Crippen MR) is 113 cm³/mol. The van der Waals surface area contributed by atoms with Crippen molar-refractivity contribution in [1.82, 2.24) is 5.32 Å². The molecule has 2 rings (SSSR count). The van der Waals surface area contributed by atoms with Crippen LogP contribution in [0.2, 0.25) is 0 Å². The number of nitrogens with one attached hydrogen (secondary N) is 1. The van der Waals surface area contributed by atoms with Crippen molar-refractivity contribution in [3.63, 3.8) is 0 Å². The topological polar surface area (TPSA) is 73.9 Å². The Kier molecular flexibility index (Phi) is 11.1. The van der Waals surface area contributed by atoms with Crippen molar-refractivity contribution in [1.29, 1.82) is 0 Å². The Morgan fingerprint density at radius 2 is 2.00 bits per heavy atom. The number of allylic oxidation sites excluding steroid dienone is 1. The molecule has 0 aliphatic carbocycles. The molecule has 6 nitrogen and oxygen atoms in total. The zero-order chi connectivity index (χ0) is 21.7. The molecule has 1 aromatic carbocycles. The number of hydrogen-bond donors (Lipinski definition) is 1. The molecular weight excluding hydrogens is 370 g/mol. The number of carbonyl (C=O) groups is 2. The summed E-state index contributed by atoms with van der Waals surface area (Å²) in [6.07, 6.45) is 5.12. The van der Waals surface area contributed by atoms with Crippen molar-refractivity contribution in [2.24, 2.45) is 0 Å². The normalized spacial score (nSPS) is 16.8. The monoisotopic (exact) mass is 405 g/mol. The van der Waals surface area contributed by atoms with Gasteiger partial charge in [-0.15, -0.1) is 6.58 Å². The first-order valence-electron chi connectivity index (χ1n) is 10.1. The summed E-state index contributed by atoms with van der Waals surface area (Å²) in [6, 6.07) is 8.58. The summed E-state index contributed by atoms with van der Waals surface area (Å²) in [5, 5.41) is 2.56. The molecule has 1 heterocycles. The Hall–Kier alpha value is -2.34. The highest BCUT2D eigenvalue weighted by atomic mass is 16.6. The first-order valence-corrected chi connectivity index (χ1v) is 10.1. The molecule has 0 spiro atoms. The van der Waals surface area contributed by atoms with E-state index in [4.69, 9.17) is 14.2 Å². The highest BCUT2D eigenvalue weighted by Gasteiger charge is 2.26. The van der Waals surface area contributed by atoms with E-state index in [1.165, 1.54) is 12.8 Å². The molecule has 1 aromatic rings. The van der Waals surface area contributed by atoms with Crippen LogP contribution in [0, 0.1) is 0 Å². The number of alkyl carbamates (subject to hydrolysis) is 1. The van der Waals surface area contributed by atoms with Crippen LogP contribution in [0.3, 0.4) is 0 Å². The third kappa shape index (κ3) is 12.0. The van der Waals surface area contributed by atoms with Crippen molar-refractivity contribution in [2.75, 3.05) is 6.61 Å². The maximum Gasteiger partial charge on any atom is 0.408 e. The summed E-state index contributed by atoms with van der Waals surface area (Å²) in [4.78, 5) is 24.0. The highest BCUT2D eigenvalue weighted by molar-refractivity contribution is 5.81. The fourth-order valence-corrected chi connectivity index (χ4v) is 2.55. The maximum atomic E-state index is 12.1. The fourth-order valence-electron chi connectivity index (χ4n) is 2.55. The third-order valence-electron chi connectivity index (χ3n) is 4.01. The van der Waals surface area contributed by atoms with Gasteiger partial charge in [-0.2, -0.15) is 0 Å². The number of amides is 1. The van der Waals surface area contributed by atoms with Crippen molar-refractivity contribution in [2.45, 2.75) is 77.7 Å². The van der Waals surface area contributed by atoms with Crippen LogP contribution in [-0.2, 0) is 25.6 Å². The lowest BCUT2D eigenvalue weighted by molar-refractivity contribution is -0.157. The van der Waals surface area contributed by atoms with Gasteiger partial charge >= 0.3 is 12.1 Å². The van der Waals surface area contributed by atoms with E-state index in [1.54, 1.807) is 26.8 Å². The van der Waals surface area contributed by atoms with Gasteiger partial charge in [0.1, 0.15) is 18.2 Å². The van der Waals surface area contributed by atoms with Crippen LogP contribution in [0.5, 0.6) is 0 Å².